The number of amides is 2. The standard InChI is InChI=1S/C25H26N2O6S/c1-2-21(23(29)26-16-12-10-15(11-13-16)24(30)31)34-18-7-5-6-17(14-18)27-22(28)19-8-3-4-9-20(19)25(32)33/h3-7,10-14,19-21H,2,8-9H2,1H3,(H,26,29)(H,27,28)(H,30,31)(H,32,33). The molecule has 0 spiro atoms. The van der Waals surface area contributed by atoms with Crippen LogP contribution in [0.4, 0.5) is 11.4 Å². The smallest absolute Gasteiger partial charge is 0.335 e. The Balaban J connectivity index is 1.64. The average Bonchev–Trinajstić information content (AvgIpc) is 2.83. The highest BCUT2D eigenvalue weighted by atomic mass is 32.2. The van der Waals surface area contributed by atoms with Gasteiger partial charge >= 0.3 is 11.9 Å². The van der Waals surface area contributed by atoms with Gasteiger partial charge in [-0.05, 0) is 61.7 Å². The van der Waals surface area contributed by atoms with E-state index in [1.165, 1.54) is 23.9 Å². The first-order valence-corrected chi connectivity index (χ1v) is 11.8. The van der Waals surface area contributed by atoms with Gasteiger partial charge < -0.3 is 20.8 Å². The Morgan fingerprint density at radius 2 is 1.62 bits per heavy atom. The molecular weight excluding hydrogens is 456 g/mol. The second-order valence-corrected chi connectivity index (χ2v) is 9.17. The fraction of sp³-hybridized carbons (Fsp3) is 0.280. The minimum absolute atomic E-state index is 0.136. The predicted molar refractivity (Wildman–Crippen MR) is 130 cm³/mol. The number of aliphatic carboxylic acids is 1. The molecule has 0 heterocycles. The number of rotatable bonds is 9. The third-order valence-corrected chi connectivity index (χ3v) is 6.89. The first kappa shape index (κ1) is 25.0. The molecule has 4 N–H and O–H groups in total. The third-order valence-electron chi connectivity index (χ3n) is 5.53. The zero-order valence-corrected chi connectivity index (χ0v) is 19.4. The summed E-state index contributed by atoms with van der Waals surface area (Å²) in [5, 5.41) is 23.6. The minimum Gasteiger partial charge on any atom is -0.481 e. The molecule has 0 bridgehead atoms. The molecule has 0 radical (unpaired) electrons. The molecule has 0 saturated heterocycles. The number of nitrogens with one attached hydrogen (secondary N) is 2. The van der Waals surface area contributed by atoms with Crippen molar-refractivity contribution in [1.29, 1.82) is 0 Å². The van der Waals surface area contributed by atoms with Crippen molar-refractivity contribution in [1.82, 2.24) is 0 Å². The quantitative estimate of drug-likeness (QED) is 0.305. The lowest BCUT2D eigenvalue weighted by atomic mass is 9.82. The summed E-state index contributed by atoms with van der Waals surface area (Å²) >= 11 is 1.34. The van der Waals surface area contributed by atoms with Gasteiger partial charge in [-0.1, -0.05) is 25.1 Å². The van der Waals surface area contributed by atoms with Crippen LogP contribution in [0.5, 0.6) is 0 Å². The van der Waals surface area contributed by atoms with Crippen LogP contribution in [0.3, 0.4) is 0 Å². The second-order valence-electron chi connectivity index (χ2n) is 7.90. The van der Waals surface area contributed by atoms with Crippen LogP contribution >= 0.6 is 11.8 Å². The van der Waals surface area contributed by atoms with Crippen molar-refractivity contribution in [2.75, 3.05) is 10.6 Å². The second kappa shape index (κ2) is 11.5. The van der Waals surface area contributed by atoms with E-state index in [1.807, 2.05) is 19.1 Å². The van der Waals surface area contributed by atoms with Crippen molar-refractivity contribution < 1.29 is 29.4 Å². The summed E-state index contributed by atoms with van der Waals surface area (Å²) in [6.07, 6.45) is 4.87. The van der Waals surface area contributed by atoms with E-state index in [0.29, 0.717) is 30.6 Å². The highest BCUT2D eigenvalue weighted by Crippen LogP contribution is 2.30. The first-order chi connectivity index (χ1) is 16.3. The number of carbonyl (C=O) groups excluding carboxylic acids is 2. The number of anilines is 2. The predicted octanol–water partition coefficient (Wildman–Crippen LogP) is 4.50. The molecule has 0 aromatic heterocycles. The van der Waals surface area contributed by atoms with Crippen molar-refractivity contribution in [2.24, 2.45) is 11.8 Å². The molecule has 0 saturated carbocycles. The van der Waals surface area contributed by atoms with Gasteiger partial charge in [-0.2, -0.15) is 0 Å². The zero-order chi connectivity index (χ0) is 24.7. The Hall–Kier alpha value is -3.59. The lowest BCUT2D eigenvalue weighted by molar-refractivity contribution is -0.146. The molecule has 2 aromatic rings. The molecule has 0 fully saturated rings. The van der Waals surface area contributed by atoms with Crippen LogP contribution < -0.4 is 10.6 Å². The van der Waals surface area contributed by atoms with Crippen LogP contribution in [0.2, 0.25) is 0 Å². The lowest BCUT2D eigenvalue weighted by Gasteiger charge is -2.24. The van der Waals surface area contributed by atoms with Crippen LogP contribution in [0, 0.1) is 11.8 Å². The topological polar surface area (TPSA) is 133 Å². The van der Waals surface area contributed by atoms with Crippen LogP contribution in [-0.4, -0.2) is 39.2 Å². The lowest BCUT2D eigenvalue weighted by Crippen LogP contribution is -2.34. The maximum atomic E-state index is 12.8. The number of hydrogen-bond donors (Lipinski definition) is 4. The van der Waals surface area contributed by atoms with E-state index in [2.05, 4.69) is 10.6 Å². The Kier molecular flexibility index (Phi) is 8.48. The highest BCUT2D eigenvalue weighted by Gasteiger charge is 2.34. The van der Waals surface area contributed by atoms with E-state index in [9.17, 15) is 24.3 Å². The van der Waals surface area contributed by atoms with E-state index in [0.717, 1.165) is 4.90 Å². The normalized spacial score (nSPS) is 18.0. The minimum atomic E-state index is -1.04. The molecule has 34 heavy (non-hydrogen) atoms. The van der Waals surface area contributed by atoms with Crippen molar-refractivity contribution >= 4 is 46.9 Å². The number of carbonyl (C=O) groups is 4. The summed E-state index contributed by atoms with van der Waals surface area (Å²) < 4.78 is 0. The zero-order valence-electron chi connectivity index (χ0n) is 18.6. The molecule has 2 amide bonds. The SMILES string of the molecule is CCC(Sc1cccc(NC(=O)C2CC=CCC2C(=O)O)c1)C(=O)Nc1ccc(C(=O)O)cc1. The van der Waals surface area contributed by atoms with E-state index in [4.69, 9.17) is 5.11 Å². The molecule has 3 unspecified atom stereocenters. The molecule has 1 aliphatic carbocycles. The molecule has 1 aliphatic rings. The Labute approximate surface area is 201 Å². The van der Waals surface area contributed by atoms with E-state index in [1.54, 1.807) is 36.4 Å². The fourth-order valence-electron chi connectivity index (χ4n) is 3.66. The summed E-state index contributed by atoms with van der Waals surface area (Å²) in [5.74, 6) is -3.97. The van der Waals surface area contributed by atoms with Crippen LogP contribution in [0.15, 0.2) is 65.6 Å². The number of thioether (sulfide) groups is 1. The van der Waals surface area contributed by atoms with Gasteiger partial charge in [0.05, 0.1) is 22.6 Å². The van der Waals surface area contributed by atoms with Gasteiger partial charge in [-0.15, -0.1) is 11.8 Å². The van der Waals surface area contributed by atoms with Crippen molar-refractivity contribution in [2.45, 2.75) is 36.3 Å². The number of carboxylic acids is 2. The Bertz CT molecular complexity index is 1100. The molecule has 8 nitrogen and oxygen atoms in total. The highest BCUT2D eigenvalue weighted by molar-refractivity contribution is 8.00. The molecule has 3 atom stereocenters. The summed E-state index contributed by atoms with van der Waals surface area (Å²) in [7, 11) is 0. The van der Waals surface area contributed by atoms with Gasteiger partial charge in [0.15, 0.2) is 0 Å². The van der Waals surface area contributed by atoms with E-state index in [-0.39, 0.29) is 17.4 Å². The monoisotopic (exact) mass is 482 g/mol. The number of benzene rings is 2. The van der Waals surface area contributed by atoms with E-state index < -0.39 is 29.0 Å². The van der Waals surface area contributed by atoms with Gasteiger partial charge in [-0.25, -0.2) is 4.79 Å². The van der Waals surface area contributed by atoms with Crippen LogP contribution in [0.25, 0.3) is 0 Å². The summed E-state index contributed by atoms with van der Waals surface area (Å²) in [6, 6.07) is 13.0. The van der Waals surface area contributed by atoms with Crippen LogP contribution in [-0.2, 0) is 14.4 Å². The molecule has 178 valence electrons. The van der Waals surface area contributed by atoms with E-state index >= 15 is 0 Å². The maximum Gasteiger partial charge on any atom is 0.335 e. The average molecular weight is 483 g/mol. The molecule has 9 heteroatoms. The summed E-state index contributed by atoms with van der Waals surface area (Å²) in [6.45, 7) is 1.89. The largest absolute Gasteiger partial charge is 0.481 e. The molecule has 0 aliphatic heterocycles. The van der Waals surface area contributed by atoms with Crippen molar-refractivity contribution in [3.05, 3.63) is 66.2 Å². The van der Waals surface area contributed by atoms with Crippen molar-refractivity contribution in [3.8, 4) is 0 Å². The van der Waals surface area contributed by atoms with Gasteiger partial charge in [0.1, 0.15) is 0 Å². The number of aromatic carboxylic acids is 1. The Morgan fingerprint density at radius 1 is 0.941 bits per heavy atom. The first-order valence-electron chi connectivity index (χ1n) is 10.9. The molecular formula is C25H26N2O6S. The van der Waals surface area contributed by atoms with Crippen LogP contribution in [0.1, 0.15) is 36.5 Å². The Morgan fingerprint density at radius 3 is 2.24 bits per heavy atom. The maximum absolute atomic E-state index is 12.8. The van der Waals surface area contributed by atoms with Gasteiger partial charge in [0.25, 0.3) is 0 Å². The van der Waals surface area contributed by atoms with Gasteiger partial charge in [0.2, 0.25) is 11.8 Å². The molecule has 3 rings (SSSR count). The molecule has 2 aromatic carbocycles. The number of carboxylic acid groups (broad SMARTS) is 2. The number of hydrogen-bond acceptors (Lipinski definition) is 5. The fourth-order valence-corrected chi connectivity index (χ4v) is 4.68. The van der Waals surface area contributed by atoms with Gasteiger partial charge in [-0.3, -0.25) is 14.4 Å². The third kappa shape index (κ3) is 6.48. The number of allylic oxidation sites excluding steroid dienone is 2. The van der Waals surface area contributed by atoms with Crippen molar-refractivity contribution in [3.63, 3.8) is 0 Å². The summed E-state index contributed by atoms with van der Waals surface area (Å²) in [5.41, 5.74) is 1.18. The van der Waals surface area contributed by atoms with Gasteiger partial charge in [0, 0.05) is 16.3 Å². The summed E-state index contributed by atoms with van der Waals surface area (Å²) in [4.78, 5) is 48.7.